The van der Waals surface area contributed by atoms with E-state index in [-0.39, 0.29) is 19.2 Å². The number of rotatable bonds is 9. The quantitative estimate of drug-likeness (QED) is 0.386. The molecule has 0 spiro atoms. The molecule has 1 N–H and O–H groups in total. The van der Waals surface area contributed by atoms with Gasteiger partial charge in [-0.05, 0) is 36.9 Å². The molecule has 0 saturated carbocycles. The summed E-state index contributed by atoms with van der Waals surface area (Å²) in [6.45, 7) is 11.7. The summed E-state index contributed by atoms with van der Waals surface area (Å²) in [5.74, 6) is 0.986. The molecule has 1 aliphatic heterocycles. The van der Waals surface area contributed by atoms with Gasteiger partial charge in [0.15, 0.2) is 0 Å². The van der Waals surface area contributed by atoms with Crippen molar-refractivity contribution < 1.29 is 24.1 Å². The molecular weight excluding hydrogens is 360 g/mol. The first-order valence-corrected chi connectivity index (χ1v) is 13.2. The second kappa shape index (κ2) is 8.93. The molecule has 27 heavy (non-hydrogen) atoms. The molecule has 0 atom stereocenters. The first-order valence-electron chi connectivity index (χ1n) is 9.54. The van der Waals surface area contributed by atoms with Gasteiger partial charge in [-0.25, -0.2) is 4.79 Å². The Morgan fingerprint density at radius 1 is 1.30 bits per heavy atom. The van der Waals surface area contributed by atoms with Gasteiger partial charge in [0.05, 0.1) is 20.3 Å². The first-order chi connectivity index (χ1) is 12.7. The van der Waals surface area contributed by atoms with E-state index in [4.69, 9.17) is 14.2 Å². The fourth-order valence-corrected chi connectivity index (χ4v) is 3.91. The zero-order chi connectivity index (χ0) is 20.2. The van der Waals surface area contributed by atoms with E-state index in [0.717, 1.165) is 40.5 Å². The zero-order valence-corrected chi connectivity index (χ0v) is 18.4. The van der Waals surface area contributed by atoms with Crippen LogP contribution in [0.4, 0.5) is 0 Å². The smallest absolute Gasteiger partial charge is 0.342 e. The minimum Gasteiger partial charge on any atom is -0.496 e. The van der Waals surface area contributed by atoms with E-state index in [2.05, 4.69) is 19.6 Å². The molecule has 0 unspecified atom stereocenters. The van der Waals surface area contributed by atoms with Crippen LogP contribution in [-0.4, -0.2) is 39.5 Å². The number of cyclic esters (lactones) is 1. The van der Waals surface area contributed by atoms with Crippen molar-refractivity contribution in [3.05, 3.63) is 33.9 Å². The summed E-state index contributed by atoms with van der Waals surface area (Å²) in [5, 5.41) is 9.48. The minimum absolute atomic E-state index is 0.0244. The maximum Gasteiger partial charge on any atom is 0.342 e. The average Bonchev–Trinajstić information content (AvgIpc) is 2.99. The Morgan fingerprint density at radius 3 is 2.56 bits per heavy atom. The standard InChI is InChI=1S/C21H32O5Si/c1-7-15(12-22)8-9-16-19(24-3)14(2)17-13-26-21(23)18(17)20(16)25-10-11-27(4,5)6/h8,22H,7,9-13H2,1-6H3/b15-8-. The van der Waals surface area contributed by atoms with E-state index >= 15 is 0 Å². The fraction of sp³-hybridized carbons (Fsp3) is 0.571. The second-order valence-corrected chi connectivity index (χ2v) is 13.8. The predicted octanol–water partition coefficient (Wildman–Crippen LogP) is 4.26. The molecule has 0 aliphatic carbocycles. The summed E-state index contributed by atoms with van der Waals surface area (Å²) in [7, 11) is 0.368. The van der Waals surface area contributed by atoms with Gasteiger partial charge in [-0.15, -0.1) is 0 Å². The van der Waals surface area contributed by atoms with Crippen molar-refractivity contribution in [1.29, 1.82) is 0 Å². The van der Waals surface area contributed by atoms with Crippen molar-refractivity contribution in [1.82, 2.24) is 0 Å². The van der Waals surface area contributed by atoms with Crippen LogP contribution in [0.25, 0.3) is 0 Å². The molecule has 1 heterocycles. The van der Waals surface area contributed by atoms with Crippen molar-refractivity contribution in [3.8, 4) is 11.5 Å². The van der Waals surface area contributed by atoms with E-state index in [1.54, 1.807) is 7.11 Å². The third-order valence-corrected chi connectivity index (χ3v) is 6.68. The lowest BCUT2D eigenvalue weighted by Gasteiger charge is -2.21. The van der Waals surface area contributed by atoms with Gasteiger partial charge in [-0.1, -0.05) is 32.6 Å². The van der Waals surface area contributed by atoms with Crippen LogP contribution in [0.15, 0.2) is 11.6 Å². The number of ether oxygens (including phenoxy) is 3. The maximum absolute atomic E-state index is 12.4. The number of aliphatic hydroxyl groups excluding tert-OH is 1. The summed E-state index contributed by atoms with van der Waals surface area (Å²) in [6.07, 6.45) is 3.31. The molecule has 2 rings (SSSR count). The largest absolute Gasteiger partial charge is 0.496 e. The number of carbonyl (C=O) groups is 1. The molecule has 0 fully saturated rings. The number of allylic oxidation sites excluding steroid dienone is 1. The average molecular weight is 393 g/mol. The molecule has 1 aromatic rings. The summed E-state index contributed by atoms with van der Waals surface area (Å²) in [5.41, 5.74) is 4.11. The highest BCUT2D eigenvalue weighted by Crippen LogP contribution is 2.43. The maximum atomic E-state index is 12.4. The lowest BCUT2D eigenvalue weighted by atomic mass is 9.94. The molecule has 0 bridgehead atoms. The molecular formula is C21H32O5Si. The Hall–Kier alpha value is -1.79. The number of methoxy groups -OCH3 is 1. The third kappa shape index (κ3) is 4.93. The molecule has 6 heteroatoms. The Labute approximate surface area is 163 Å². The summed E-state index contributed by atoms with van der Waals surface area (Å²) < 4.78 is 17.2. The van der Waals surface area contributed by atoms with Gasteiger partial charge in [-0.3, -0.25) is 0 Å². The number of esters is 1. The van der Waals surface area contributed by atoms with Crippen LogP contribution < -0.4 is 9.47 Å². The van der Waals surface area contributed by atoms with Gasteiger partial charge in [-0.2, -0.15) is 0 Å². The Bertz CT molecular complexity index is 725. The molecule has 1 aliphatic rings. The van der Waals surface area contributed by atoms with Gasteiger partial charge in [0.1, 0.15) is 23.7 Å². The van der Waals surface area contributed by atoms with Crippen LogP contribution in [0.5, 0.6) is 11.5 Å². The fourth-order valence-electron chi connectivity index (χ4n) is 3.20. The Balaban J connectivity index is 2.53. The summed E-state index contributed by atoms with van der Waals surface area (Å²) >= 11 is 0. The number of hydrogen-bond acceptors (Lipinski definition) is 5. The number of aliphatic hydroxyl groups is 1. The molecule has 0 amide bonds. The number of carbonyl (C=O) groups excluding carboxylic acids is 1. The first kappa shape index (κ1) is 21.5. The van der Waals surface area contributed by atoms with Gasteiger partial charge in [0.25, 0.3) is 0 Å². The normalized spacial score (nSPS) is 14.2. The van der Waals surface area contributed by atoms with Crippen LogP contribution >= 0.6 is 0 Å². The van der Waals surface area contributed by atoms with Crippen LogP contribution in [0, 0.1) is 6.92 Å². The van der Waals surface area contributed by atoms with Crippen LogP contribution in [0.1, 0.15) is 40.4 Å². The highest BCUT2D eigenvalue weighted by atomic mass is 28.3. The topological polar surface area (TPSA) is 65.0 Å². The van der Waals surface area contributed by atoms with E-state index < -0.39 is 8.07 Å². The third-order valence-electron chi connectivity index (χ3n) is 4.98. The van der Waals surface area contributed by atoms with Crippen LogP contribution in [0.2, 0.25) is 25.7 Å². The van der Waals surface area contributed by atoms with Crippen molar-refractivity contribution in [2.45, 2.75) is 59.0 Å². The van der Waals surface area contributed by atoms with Crippen molar-refractivity contribution >= 4 is 14.0 Å². The highest BCUT2D eigenvalue weighted by molar-refractivity contribution is 6.76. The van der Waals surface area contributed by atoms with Crippen LogP contribution in [0.3, 0.4) is 0 Å². The van der Waals surface area contributed by atoms with Crippen molar-refractivity contribution in [3.63, 3.8) is 0 Å². The zero-order valence-electron chi connectivity index (χ0n) is 17.4. The SMILES string of the molecule is CC/C(=C/Cc1c(OC)c(C)c2c(c1OCC[Si](C)(C)C)C(=O)OC2)CO. The van der Waals surface area contributed by atoms with E-state index in [1.807, 2.05) is 19.9 Å². The molecule has 0 radical (unpaired) electrons. The lowest BCUT2D eigenvalue weighted by Crippen LogP contribution is -2.23. The lowest BCUT2D eigenvalue weighted by molar-refractivity contribution is 0.0532. The van der Waals surface area contributed by atoms with Gasteiger partial charge < -0.3 is 19.3 Å². The second-order valence-electron chi connectivity index (χ2n) is 8.13. The predicted molar refractivity (Wildman–Crippen MR) is 110 cm³/mol. The molecule has 5 nitrogen and oxygen atoms in total. The molecule has 1 aromatic carbocycles. The van der Waals surface area contributed by atoms with E-state index in [1.165, 1.54) is 0 Å². The number of hydrogen-bond donors (Lipinski definition) is 1. The van der Waals surface area contributed by atoms with Crippen molar-refractivity contribution in [2.24, 2.45) is 0 Å². The molecule has 150 valence electrons. The summed E-state index contributed by atoms with van der Waals surface area (Å²) in [6, 6.07) is 0.999. The van der Waals surface area contributed by atoms with E-state index in [9.17, 15) is 9.90 Å². The highest BCUT2D eigenvalue weighted by Gasteiger charge is 2.33. The Kier molecular flexibility index (Phi) is 7.11. The Morgan fingerprint density at radius 2 is 2.00 bits per heavy atom. The van der Waals surface area contributed by atoms with Gasteiger partial charge in [0.2, 0.25) is 0 Å². The van der Waals surface area contributed by atoms with Gasteiger partial charge >= 0.3 is 5.97 Å². The number of benzene rings is 1. The summed E-state index contributed by atoms with van der Waals surface area (Å²) in [4.78, 5) is 12.4. The monoisotopic (exact) mass is 392 g/mol. The molecule has 0 aromatic heterocycles. The van der Waals surface area contributed by atoms with Crippen LogP contribution in [-0.2, 0) is 17.8 Å². The van der Waals surface area contributed by atoms with Gasteiger partial charge in [0, 0.05) is 19.2 Å². The molecule has 0 saturated heterocycles. The van der Waals surface area contributed by atoms with E-state index in [0.29, 0.717) is 24.3 Å². The number of fused-ring (bicyclic) bond motifs is 1. The van der Waals surface area contributed by atoms with Crippen molar-refractivity contribution in [2.75, 3.05) is 20.3 Å². The minimum atomic E-state index is -1.27.